The van der Waals surface area contributed by atoms with Crippen LogP contribution >= 0.6 is 0 Å². The molecular weight excluding hydrogens is 334 g/mol. The van der Waals surface area contributed by atoms with E-state index in [9.17, 15) is 19.7 Å². The fraction of sp³-hybridized carbons (Fsp3) is 0.579. The van der Waals surface area contributed by atoms with E-state index in [1.54, 1.807) is 12.1 Å². The maximum absolute atomic E-state index is 12.1. The fourth-order valence-electron chi connectivity index (χ4n) is 3.96. The number of nitrogens with one attached hydrogen (secondary N) is 1. The topological polar surface area (TPSA) is 92.6 Å². The van der Waals surface area contributed by atoms with Gasteiger partial charge in [0.25, 0.3) is 5.69 Å². The minimum absolute atomic E-state index is 0.0981. The number of nitrogens with zero attached hydrogens (tertiary/aromatic N) is 2. The number of carbonyl (C=O) groups excluding carboxylic acids is 2. The van der Waals surface area contributed by atoms with Crippen molar-refractivity contribution in [2.45, 2.75) is 58.4 Å². The van der Waals surface area contributed by atoms with Gasteiger partial charge in [0, 0.05) is 24.9 Å². The van der Waals surface area contributed by atoms with E-state index in [1.165, 1.54) is 12.5 Å². The van der Waals surface area contributed by atoms with Crippen LogP contribution in [0, 0.1) is 22.0 Å². The molecule has 1 saturated heterocycles. The summed E-state index contributed by atoms with van der Waals surface area (Å²) in [6, 6.07) is 4.75. The van der Waals surface area contributed by atoms with E-state index < -0.39 is 4.92 Å². The third kappa shape index (κ3) is 3.57. The second-order valence-electron chi connectivity index (χ2n) is 7.45. The van der Waals surface area contributed by atoms with Crippen LogP contribution in [0.5, 0.6) is 0 Å². The summed E-state index contributed by atoms with van der Waals surface area (Å²) in [5, 5.41) is 14.9. The van der Waals surface area contributed by atoms with Gasteiger partial charge in [-0.15, -0.1) is 0 Å². The van der Waals surface area contributed by atoms with Crippen LogP contribution in [0.15, 0.2) is 18.2 Å². The van der Waals surface area contributed by atoms with Crippen molar-refractivity contribution in [2.24, 2.45) is 11.8 Å². The average Bonchev–Trinajstić information content (AvgIpc) is 2.59. The summed E-state index contributed by atoms with van der Waals surface area (Å²) in [5.41, 5.74) is 0.628. The monoisotopic (exact) mass is 359 g/mol. The average molecular weight is 359 g/mol. The van der Waals surface area contributed by atoms with Crippen molar-refractivity contribution >= 4 is 28.9 Å². The molecule has 1 saturated carbocycles. The van der Waals surface area contributed by atoms with Crippen LogP contribution in [0.3, 0.4) is 0 Å². The number of nitro benzene ring substituents is 1. The largest absolute Gasteiger partial charge is 0.376 e. The first-order valence-electron chi connectivity index (χ1n) is 9.29. The van der Waals surface area contributed by atoms with Crippen molar-refractivity contribution in [3.8, 4) is 0 Å². The number of benzene rings is 1. The molecule has 2 amide bonds. The molecule has 140 valence electrons. The molecule has 1 N–H and O–H groups in total. The van der Waals surface area contributed by atoms with E-state index in [2.05, 4.69) is 19.2 Å². The Labute approximate surface area is 152 Å². The van der Waals surface area contributed by atoms with Crippen LogP contribution in [0.2, 0.25) is 0 Å². The predicted octanol–water partition coefficient (Wildman–Crippen LogP) is 3.87. The van der Waals surface area contributed by atoms with Gasteiger partial charge in [-0.25, -0.2) is 0 Å². The molecule has 0 radical (unpaired) electrons. The van der Waals surface area contributed by atoms with Crippen LogP contribution in [0.25, 0.3) is 0 Å². The van der Waals surface area contributed by atoms with Crippen LogP contribution in [0.1, 0.15) is 52.4 Å². The third-order valence-electron chi connectivity index (χ3n) is 5.76. The van der Waals surface area contributed by atoms with Crippen molar-refractivity contribution in [3.05, 3.63) is 28.3 Å². The molecule has 3 rings (SSSR count). The first-order valence-corrected chi connectivity index (χ1v) is 9.29. The number of rotatable bonds is 4. The molecule has 2 fully saturated rings. The van der Waals surface area contributed by atoms with Gasteiger partial charge >= 0.3 is 0 Å². The second-order valence-corrected chi connectivity index (χ2v) is 7.45. The molecule has 0 aromatic heterocycles. The van der Waals surface area contributed by atoms with Gasteiger partial charge in [0.2, 0.25) is 11.8 Å². The molecule has 3 atom stereocenters. The van der Waals surface area contributed by atoms with Gasteiger partial charge in [-0.1, -0.05) is 26.7 Å². The third-order valence-corrected chi connectivity index (χ3v) is 5.76. The van der Waals surface area contributed by atoms with E-state index in [0.717, 1.165) is 17.7 Å². The highest BCUT2D eigenvalue weighted by atomic mass is 16.6. The maximum Gasteiger partial charge on any atom is 0.294 e. The summed E-state index contributed by atoms with van der Waals surface area (Å²) in [4.78, 5) is 36.4. The van der Waals surface area contributed by atoms with Gasteiger partial charge in [0.1, 0.15) is 5.69 Å². The Morgan fingerprint density at radius 1 is 1.12 bits per heavy atom. The SMILES string of the molecule is C[C@@H]1[C@H](C)CCC[C@@H]1Nc1ccc(N2C(=O)CCCC2=O)cc1[N+](=O)[O-]. The zero-order valence-corrected chi connectivity index (χ0v) is 15.2. The van der Waals surface area contributed by atoms with E-state index in [0.29, 0.717) is 23.9 Å². The van der Waals surface area contributed by atoms with Crippen LogP contribution in [-0.2, 0) is 9.59 Å². The van der Waals surface area contributed by atoms with Gasteiger partial charge in [0.15, 0.2) is 0 Å². The van der Waals surface area contributed by atoms with Crippen molar-refractivity contribution in [2.75, 3.05) is 10.2 Å². The molecule has 1 aromatic carbocycles. The summed E-state index contributed by atoms with van der Waals surface area (Å²) in [6.45, 7) is 4.39. The van der Waals surface area contributed by atoms with E-state index >= 15 is 0 Å². The Balaban J connectivity index is 1.89. The number of piperidine rings is 1. The summed E-state index contributed by atoms with van der Waals surface area (Å²) in [6.07, 6.45) is 4.38. The highest BCUT2D eigenvalue weighted by Gasteiger charge is 2.31. The maximum atomic E-state index is 12.1. The van der Waals surface area contributed by atoms with Crippen molar-refractivity contribution in [1.29, 1.82) is 0 Å². The minimum Gasteiger partial charge on any atom is -0.376 e. The molecule has 0 unspecified atom stereocenters. The highest BCUT2D eigenvalue weighted by molar-refractivity contribution is 6.16. The molecule has 0 spiro atoms. The van der Waals surface area contributed by atoms with Crippen LogP contribution in [-0.4, -0.2) is 22.8 Å². The Bertz CT molecular complexity index is 717. The van der Waals surface area contributed by atoms with Crippen LogP contribution in [0.4, 0.5) is 17.1 Å². The highest BCUT2D eigenvalue weighted by Crippen LogP contribution is 2.36. The first-order chi connectivity index (χ1) is 12.4. The molecule has 26 heavy (non-hydrogen) atoms. The summed E-state index contributed by atoms with van der Waals surface area (Å²) in [7, 11) is 0. The van der Waals surface area contributed by atoms with Gasteiger partial charge in [-0.05, 0) is 36.8 Å². The lowest BCUT2D eigenvalue weighted by molar-refractivity contribution is -0.383. The molecular formula is C19H25N3O4. The van der Waals surface area contributed by atoms with Crippen LogP contribution < -0.4 is 10.2 Å². The summed E-state index contributed by atoms with van der Waals surface area (Å²) < 4.78 is 0. The van der Waals surface area contributed by atoms with Gasteiger partial charge in [-0.3, -0.25) is 24.6 Å². The normalized spacial score (nSPS) is 26.7. The molecule has 2 aliphatic rings. The number of anilines is 2. The standard InChI is InChI=1S/C19H25N3O4/c1-12-5-3-6-15(13(12)2)20-16-10-9-14(11-17(16)22(25)26)21-18(23)7-4-8-19(21)24/h9-13,15,20H,3-8H2,1-2H3/t12-,13-,15+/m1/s1. The number of carbonyl (C=O) groups is 2. The second kappa shape index (κ2) is 7.43. The number of hydrogen-bond acceptors (Lipinski definition) is 5. The Morgan fingerprint density at radius 2 is 1.81 bits per heavy atom. The molecule has 7 nitrogen and oxygen atoms in total. The van der Waals surface area contributed by atoms with Gasteiger partial charge in [-0.2, -0.15) is 0 Å². The van der Waals surface area contributed by atoms with E-state index in [-0.39, 0.29) is 42.1 Å². The van der Waals surface area contributed by atoms with Gasteiger partial charge < -0.3 is 5.32 Å². The predicted molar refractivity (Wildman–Crippen MR) is 99.0 cm³/mol. The zero-order valence-electron chi connectivity index (χ0n) is 15.2. The number of hydrogen-bond donors (Lipinski definition) is 1. The summed E-state index contributed by atoms with van der Waals surface area (Å²) >= 11 is 0. The first kappa shape index (κ1) is 18.4. The molecule has 0 bridgehead atoms. The van der Waals surface area contributed by atoms with Crippen molar-refractivity contribution in [3.63, 3.8) is 0 Å². The Kier molecular flexibility index (Phi) is 5.25. The molecule has 1 heterocycles. The van der Waals surface area contributed by atoms with Crippen molar-refractivity contribution in [1.82, 2.24) is 0 Å². The van der Waals surface area contributed by atoms with E-state index in [1.807, 2.05) is 0 Å². The number of amides is 2. The lowest BCUT2D eigenvalue weighted by atomic mass is 9.78. The zero-order chi connectivity index (χ0) is 18.8. The quantitative estimate of drug-likeness (QED) is 0.500. The number of nitro groups is 1. The molecule has 1 aromatic rings. The minimum atomic E-state index is -0.457. The van der Waals surface area contributed by atoms with E-state index in [4.69, 9.17) is 0 Å². The number of imide groups is 1. The van der Waals surface area contributed by atoms with Crippen molar-refractivity contribution < 1.29 is 14.5 Å². The molecule has 7 heteroatoms. The Morgan fingerprint density at radius 3 is 2.46 bits per heavy atom. The lowest BCUT2D eigenvalue weighted by Crippen LogP contribution is -2.40. The Hall–Kier alpha value is -2.44. The molecule has 1 aliphatic carbocycles. The summed E-state index contributed by atoms with van der Waals surface area (Å²) in [5.74, 6) is 0.397. The fourth-order valence-corrected chi connectivity index (χ4v) is 3.96. The molecule has 1 aliphatic heterocycles. The lowest BCUT2D eigenvalue weighted by Gasteiger charge is -2.35. The smallest absolute Gasteiger partial charge is 0.294 e. The van der Waals surface area contributed by atoms with Gasteiger partial charge in [0.05, 0.1) is 10.6 Å².